The molecule has 0 radical (unpaired) electrons. The predicted molar refractivity (Wildman–Crippen MR) is 40.3 cm³/mol. The fourth-order valence-corrected chi connectivity index (χ4v) is 0.667. The van der Waals surface area contributed by atoms with Crippen LogP contribution >= 0.6 is 0 Å². The van der Waals surface area contributed by atoms with Gasteiger partial charge in [-0.1, -0.05) is 6.92 Å². The zero-order chi connectivity index (χ0) is 10.6. The molecule has 2 unspecified atom stereocenters. The van der Waals surface area contributed by atoms with E-state index in [0.717, 1.165) is 0 Å². The molecule has 0 amide bonds. The summed E-state index contributed by atoms with van der Waals surface area (Å²) in [5, 5.41) is 10.6. The molecule has 2 N–H and O–H groups in total. The van der Waals surface area contributed by atoms with Gasteiger partial charge in [-0.2, -0.15) is 13.2 Å². The smallest absolute Gasteiger partial charge is 0.401 e. The minimum atomic E-state index is -4.30. The summed E-state index contributed by atoms with van der Waals surface area (Å²) in [6, 6.07) is -0.695. The van der Waals surface area contributed by atoms with Gasteiger partial charge in [0.2, 0.25) is 0 Å². The summed E-state index contributed by atoms with van der Waals surface area (Å²) < 4.78 is 35.0. The molecule has 3 nitrogen and oxygen atoms in total. The van der Waals surface area contributed by atoms with Crippen LogP contribution < -0.4 is 5.32 Å². The van der Waals surface area contributed by atoms with Crippen molar-refractivity contribution in [3.05, 3.63) is 0 Å². The number of alkyl halides is 3. The Morgan fingerprint density at radius 1 is 1.46 bits per heavy atom. The lowest BCUT2D eigenvalue weighted by molar-refractivity contribution is -0.144. The van der Waals surface area contributed by atoms with Crippen LogP contribution in [-0.2, 0) is 4.79 Å². The van der Waals surface area contributed by atoms with E-state index in [1.54, 1.807) is 0 Å². The van der Waals surface area contributed by atoms with E-state index in [1.807, 2.05) is 0 Å². The predicted octanol–water partition coefficient (Wildman–Crippen LogP) is 1.25. The number of aliphatic carboxylic acids is 1. The van der Waals surface area contributed by atoms with Crippen molar-refractivity contribution in [2.75, 3.05) is 6.54 Å². The third-order valence-corrected chi connectivity index (χ3v) is 1.76. The van der Waals surface area contributed by atoms with Crippen LogP contribution in [0.25, 0.3) is 0 Å². The summed E-state index contributed by atoms with van der Waals surface area (Å²) >= 11 is 0. The summed E-state index contributed by atoms with van der Waals surface area (Å²) in [7, 11) is 0. The van der Waals surface area contributed by atoms with Gasteiger partial charge in [0.25, 0.3) is 0 Å². The van der Waals surface area contributed by atoms with Crippen LogP contribution in [0.4, 0.5) is 13.2 Å². The fraction of sp³-hybridized carbons (Fsp3) is 0.857. The average Bonchev–Trinajstić information content (AvgIpc) is 1.97. The Morgan fingerprint density at radius 3 is 2.23 bits per heavy atom. The van der Waals surface area contributed by atoms with Crippen molar-refractivity contribution in [3.63, 3.8) is 0 Å². The van der Waals surface area contributed by atoms with Gasteiger partial charge in [-0.25, -0.2) is 0 Å². The highest BCUT2D eigenvalue weighted by molar-refractivity contribution is 5.70. The van der Waals surface area contributed by atoms with Gasteiger partial charge in [-0.3, -0.25) is 4.79 Å². The number of nitrogens with one attached hydrogen (secondary N) is 1. The summed E-state index contributed by atoms with van der Waals surface area (Å²) in [6.45, 7) is 1.60. The third-order valence-electron chi connectivity index (χ3n) is 1.76. The topological polar surface area (TPSA) is 49.3 Å². The van der Waals surface area contributed by atoms with Gasteiger partial charge in [-0.05, 0) is 6.92 Å². The highest BCUT2D eigenvalue weighted by atomic mass is 19.4. The maximum absolute atomic E-state index is 11.7. The molecule has 0 rings (SSSR count). The van der Waals surface area contributed by atoms with Gasteiger partial charge >= 0.3 is 12.1 Å². The van der Waals surface area contributed by atoms with Crippen LogP contribution in [0, 0.1) is 5.92 Å². The monoisotopic (exact) mass is 199 g/mol. The normalized spacial score (nSPS) is 16.7. The first kappa shape index (κ1) is 12.2. The Labute approximate surface area is 73.9 Å². The first-order valence-corrected chi connectivity index (χ1v) is 3.77. The quantitative estimate of drug-likeness (QED) is 0.716. The maximum Gasteiger partial charge on any atom is 0.401 e. The van der Waals surface area contributed by atoms with Crippen LogP contribution in [0.3, 0.4) is 0 Å². The molecule has 6 heteroatoms. The number of halogens is 3. The summed E-state index contributed by atoms with van der Waals surface area (Å²) in [5.74, 6) is -1.94. The lowest BCUT2D eigenvalue weighted by Crippen LogP contribution is -2.41. The Kier molecular flexibility index (Phi) is 4.19. The first-order chi connectivity index (χ1) is 5.74. The lowest BCUT2D eigenvalue weighted by Gasteiger charge is -2.18. The molecule has 2 atom stereocenters. The third kappa shape index (κ3) is 5.46. The molecule has 0 aliphatic carbocycles. The SMILES string of the molecule is CC(NCC(F)(F)F)C(C)C(=O)O. The largest absolute Gasteiger partial charge is 0.481 e. The summed E-state index contributed by atoms with van der Waals surface area (Å²) in [6.07, 6.45) is -4.30. The molecule has 0 bridgehead atoms. The molecule has 0 aromatic heterocycles. The van der Waals surface area contributed by atoms with Crippen LogP contribution in [0.2, 0.25) is 0 Å². The van der Waals surface area contributed by atoms with Gasteiger partial charge in [0.1, 0.15) is 0 Å². The van der Waals surface area contributed by atoms with E-state index in [0.29, 0.717) is 0 Å². The van der Waals surface area contributed by atoms with Crippen LogP contribution in [0.15, 0.2) is 0 Å². The molecule has 13 heavy (non-hydrogen) atoms. The Hall–Kier alpha value is -0.780. The highest BCUT2D eigenvalue weighted by Gasteiger charge is 2.29. The molecule has 0 aliphatic heterocycles. The zero-order valence-electron chi connectivity index (χ0n) is 7.35. The molecule has 0 aliphatic rings. The molecule has 0 fully saturated rings. The summed E-state index contributed by atoms with van der Waals surface area (Å²) in [5.41, 5.74) is 0. The number of carboxylic acid groups (broad SMARTS) is 1. The Bertz CT molecular complexity index is 181. The molecule has 0 heterocycles. The van der Waals surface area contributed by atoms with E-state index in [-0.39, 0.29) is 0 Å². The van der Waals surface area contributed by atoms with Crippen molar-refractivity contribution in [1.29, 1.82) is 0 Å². The van der Waals surface area contributed by atoms with Gasteiger partial charge in [0.15, 0.2) is 0 Å². The minimum absolute atomic E-state index is 0.695. The van der Waals surface area contributed by atoms with Gasteiger partial charge in [0.05, 0.1) is 12.5 Å². The van der Waals surface area contributed by atoms with E-state index < -0.39 is 30.7 Å². The van der Waals surface area contributed by atoms with Gasteiger partial charge in [0, 0.05) is 6.04 Å². The van der Waals surface area contributed by atoms with E-state index in [2.05, 4.69) is 5.32 Å². The second-order valence-electron chi connectivity index (χ2n) is 2.91. The Morgan fingerprint density at radius 2 is 1.92 bits per heavy atom. The second kappa shape index (κ2) is 4.45. The van der Waals surface area contributed by atoms with E-state index in [9.17, 15) is 18.0 Å². The number of hydrogen-bond donors (Lipinski definition) is 2. The van der Waals surface area contributed by atoms with Crippen LogP contribution in [0.1, 0.15) is 13.8 Å². The van der Waals surface area contributed by atoms with E-state index in [4.69, 9.17) is 5.11 Å². The van der Waals surface area contributed by atoms with E-state index in [1.165, 1.54) is 13.8 Å². The van der Waals surface area contributed by atoms with Crippen LogP contribution in [0.5, 0.6) is 0 Å². The van der Waals surface area contributed by atoms with E-state index >= 15 is 0 Å². The van der Waals surface area contributed by atoms with Crippen LogP contribution in [-0.4, -0.2) is 29.8 Å². The molecule has 78 valence electrons. The molecular formula is C7H12F3NO2. The molecule has 0 aromatic carbocycles. The fourth-order valence-electron chi connectivity index (χ4n) is 0.667. The number of carbonyl (C=O) groups is 1. The van der Waals surface area contributed by atoms with Gasteiger partial charge < -0.3 is 10.4 Å². The number of carboxylic acids is 1. The molecule has 0 saturated heterocycles. The number of rotatable bonds is 4. The lowest BCUT2D eigenvalue weighted by atomic mass is 10.0. The summed E-state index contributed by atoms with van der Waals surface area (Å²) in [4.78, 5) is 10.3. The molecular weight excluding hydrogens is 187 g/mol. The molecule has 0 saturated carbocycles. The zero-order valence-corrected chi connectivity index (χ0v) is 7.35. The van der Waals surface area contributed by atoms with Crippen molar-refractivity contribution >= 4 is 5.97 Å². The maximum atomic E-state index is 11.7. The first-order valence-electron chi connectivity index (χ1n) is 3.77. The second-order valence-corrected chi connectivity index (χ2v) is 2.91. The van der Waals surface area contributed by atoms with Crippen molar-refractivity contribution in [3.8, 4) is 0 Å². The van der Waals surface area contributed by atoms with Gasteiger partial charge in [-0.15, -0.1) is 0 Å². The number of hydrogen-bond acceptors (Lipinski definition) is 2. The standard InChI is InChI=1S/C7H12F3NO2/c1-4(6(12)13)5(2)11-3-7(8,9)10/h4-5,11H,3H2,1-2H3,(H,12,13). The molecule has 0 aromatic rings. The minimum Gasteiger partial charge on any atom is -0.481 e. The van der Waals surface area contributed by atoms with Crippen molar-refractivity contribution in [1.82, 2.24) is 5.32 Å². The average molecular weight is 199 g/mol. The van der Waals surface area contributed by atoms with Crippen molar-refractivity contribution in [2.45, 2.75) is 26.1 Å². The van der Waals surface area contributed by atoms with Crippen molar-refractivity contribution in [2.24, 2.45) is 5.92 Å². The Balaban J connectivity index is 3.88. The molecule has 0 spiro atoms. The highest BCUT2D eigenvalue weighted by Crippen LogP contribution is 2.13. The van der Waals surface area contributed by atoms with Crippen molar-refractivity contribution < 1.29 is 23.1 Å².